The molecule has 1 aliphatic heterocycles. The second-order valence-electron chi connectivity index (χ2n) is 4.43. The first kappa shape index (κ1) is 12.4. The molecule has 1 atom stereocenters. The molecule has 3 heteroatoms. The fourth-order valence-corrected chi connectivity index (χ4v) is 2.34. The first-order valence-electron chi connectivity index (χ1n) is 6.29. The average Bonchev–Trinajstić information content (AvgIpc) is 2.56. The van der Waals surface area contributed by atoms with E-state index in [4.69, 9.17) is 9.47 Å². The Kier molecular flexibility index (Phi) is 4.02. The number of rotatable bonds is 3. The van der Waals surface area contributed by atoms with E-state index >= 15 is 0 Å². The lowest BCUT2D eigenvalue weighted by Gasteiger charge is -2.28. The van der Waals surface area contributed by atoms with Crippen LogP contribution in [0.3, 0.4) is 0 Å². The SMILES string of the molecule is CCOc1ccccc1C1(O)CCCOCC1. The summed E-state index contributed by atoms with van der Waals surface area (Å²) in [5, 5.41) is 10.8. The standard InChI is InChI=1S/C14H20O3/c1-2-17-13-7-4-3-6-12(13)14(15)8-5-10-16-11-9-14/h3-4,6-7,15H,2,5,8-11H2,1H3. The van der Waals surface area contributed by atoms with Crippen molar-refractivity contribution < 1.29 is 14.6 Å². The Labute approximate surface area is 102 Å². The molecule has 3 nitrogen and oxygen atoms in total. The summed E-state index contributed by atoms with van der Waals surface area (Å²) in [6, 6.07) is 7.76. The van der Waals surface area contributed by atoms with Gasteiger partial charge in [0.2, 0.25) is 0 Å². The van der Waals surface area contributed by atoms with Gasteiger partial charge in [-0.25, -0.2) is 0 Å². The van der Waals surface area contributed by atoms with Crippen LogP contribution < -0.4 is 4.74 Å². The third kappa shape index (κ3) is 2.79. The van der Waals surface area contributed by atoms with Gasteiger partial charge < -0.3 is 14.6 Å². The van der Waals surface area contributed by atoms with Crippen molar-refractivity contribution in [3.63, 3.8) is 0 Å². The molecular weight excluding hydrogens is 216 g/mol. The molecule has 17 heavy (non-hydrogen) atoms. The van der Waals surface area contributed by atoms with Crippen LogP contribution in [0.2, 0.25) is 0 Å². The van der Waals surface area contributed by atoms with E-state index in [-0.39, 0.29) is 0 Å². The van der Waals surface area contributed by atoms with E-state index in [0.717, 1.165) is 30.8 Å². The van der Waals surface area contributed by atoms with Crippen LogP contribution in [0.4, 0.5) is 0 Å². The van der Waals surface area contributed by atoms with Gasteiger partial charge in [0.1, 0.15) is 5.75 Å². The van der Waals surface area contributed by atoms with Crippen molar-refractivity contribution in [2.45, 2.75) is 31.8 Å². The van der Waals surface area contributed by atoms with Crippen LogP contribution in [0.25, 0.3) is 0 Å². The number of ether oxygens (including phenoxy) is 2. The van der Waals surface area contributed by atoms with E-state index in [9.17, 15) is 5.11 Å². The van der Waals surface area contributed by atoms with Gasteiger partial charge in [0.25, 0.3) is 0 Å². The van der Waals surface area contributed by atoms with Gasteiger partial charge in [-0.2, -0.15) is 0 Å². The highest BCUT2D eigenvalue weighted by Crippen LogP contribution is 2.37. The fourth-order valence-electron chi connectivity index (χ4n) is 2.34. The molecule has 0 aromatic heterocycles. The second kappa shape index (κ2) is 5.52. The fraction of sp³-hybridized carbons (Fsp3) is 0.571. The Hall–Kier alpha value is -1.06. The van der Waals surface area contributed by atoms with Gasteiger partial charge in [0.15, 0.2) is 0 Å². The van der Waals surface area contributed by atoms with Gasteiger partial charge in [0, 0.05) is 25.2 Å². The van der Waals surface area contributed by atoms with Crippen LogP contribution in [0.15, 0.2) is 24.3 Å². The van der Waals surface area contributed by atoms with E-state index in [1.54, 1.807) is 0 Å². The molecule has 0 spiro atoms. The van der Waals surface area contributed by atoms with Crippen LogP contribution in [0, 0.1) is 0 Å². The Balaban J connectivity index is 2.29. The summed E-state index contributed by atoms with van der Waals surface area (Å²) in [5.41, 5.74) is 0.0924. The first-order valence-corrected chi connectivity index (χ1v) is 6.29. The molecular formula is C14H20O3. The van der Waals surface area contributed by atoms with Crippen molar-refractivity contribution in [2.75, 3.05) is 19.8 Å². The molecule has 1 aliphatic rings. The molecule has 1 heterocycles. The zero-order valence-electron chi connectivity index (χ0n) is 10.3. The third-order valence-electron chi connectivity index (χ3n) is 3.23. The molecule has 94 valence electrons. The molecule has 1 N–H and O–H groups in total. The predicted molar refractivity (Wildman–Crippen MR) is 66.2 cm³/mol. The molecule has 1 saturated heterocycles. The second-order valence-corrected chi connectivity index (χ2v) is 4.43. The summed E-state index contributed by atoms with van der Waals surface area (Å²) in [4.78, 5) is 0. The summed E-state index contributed by atoms with van der Waals surface area (Å²) < 4.78 is 11.0. The Morgan fingerprint density at radius 1 is 1.29 bits per heavy atom. The van der Waals surface area contributed by atoms with Crippen molar-refractivity contribution in [3.05, 3.63) is 29.8 Å². The van der Waals surface area contributed by atoms with Crippen molar-refractivity contribution in [1.82, 2.24) is 0 Å². The van der Waals surface area contributed by atoms with E-state index in [2.05, 4.69) is 0 Å². The van der Waals surface area contributed by atoms with Gasteiger partial charge in [-0.15, -0.1) is 0 Å². The number of hydrogen-bond acceptors (Lipinski definition) is 3. The maximum absolute atomic E-state index is 10.8. The van der Waals surface area contributed by atoms with E-state index < -0.39 is 5.60 Å². The van der Waals surface area contributed by atoms with Gasteiger partial charge in [-0.1, -0.05) is 18.2 Å². The van der Waals surface area contributed by atoms with Crippen LogP contribution in [-0.4, -0.2) is 24.9 Å². The normalized spacial score (nSPS) is 25.3. The first-order chi connectivity index (χ1) is 8.26. The zero-order valence-corrected chi connectivity index (χ0v) is 10.3. The van der Waals surface area contributed by atoms with Crippen LogP contribution in [0.5, 0.6) is 5.75 Å². The number of hydrogen-bond donors (Lipinski definition) is 1. The Morgan fingerprint density at radius 3 is 2.94 bits per heavy atom. The maximum Gasteiger partial charge on any atom is 0.125 e. The van der Waals surface area contributed by atoms with E-state index in [0.29, 0.717) is 19.6 Å². The van der Waals surface area contributed by atoms with E-state index in [1.807, 2.05) is 31.2 Å². The average molecular weight is 236 g/mol. The molecule has 1 aromatic rings. The van der Waals surface area contributed by atoms with Crippen molar-refractivity contribution in [1.29, 1.82) is 0 Å². The van der Waals surface area contributed by atoms with Crippen molar-refractivity contribution >= 4 is 0 Å². The number of aliphatic hydroxyl groups is 1. The summed E-state index contributed by atoms with van der Waals surface area (Å²) in [7, 11) is 0. The highest BCUT2D eigenvalue weighted by atomic mass is 16.5. The molecule has 1 unspecified atom stereocenters. The minimum absolute atomic E-state index is 0.608. The minimum atomic E-state index is -0.803. The zero-order chi connectivity index (χ0) is 12.1. The highest BCUT2D eigenvalue weighted by molar-refractivity contribution is 5.38. The predicted octanol–water partition coefficient (Wildman–Crippen LogP) is 2.47. The molecule has 1 fully saturated rings. The molecule has 0 aliphatic carbocycles. The van der Waals surface area contributed by atoms with Gasteiger partial charge in [0.05, 0.1) is 12.2 Å². The molecule has 0 radical (unpaired) electrons. The summed E-state index contributed by atoms with van der Waals surface area (Å²) >= 11 is 0. The minimum Gasteiger partial charge on any atom is -0.493 e. The lowest BCUT2D eigenvalue weighted by atomic mass is 9.86. The quantitative estimate of drug-likeness (QED) is 0.876. The van der Waals surface area contributed by atoms with Crippen LogP contribution in [-0.2, 0) is 10.3 Å². The van der Waals surface area contributed by atoms with Crippen molar-refractivity contribution in [3.8, 4) is 5.75 Å². The van der Waals surface area contributed by atoms with Gasteiger partial charge >= 0.3 is 0 Å². The number of para-hydroxylation sites is 1. The largest absolute Gasteiger partial charge is 0.493 e. The third-order valence-corrected chi connectivity index (χ3v) is 3.23. The summed E-state index contributed by atoms with van der Waals surface area (Å²) in [6.45, 7) is 3.91. The van der Waals surface area contributed by atoms with Crippen LogP contribution in [0.1, 0.15) is 31.7 Å². The lowest BCUT2D eigenvalue weighted by Crippen LogP contribution is -2.26. The lowest BCUT2D eigenvalue weighted by molar-refractivity contribution is 0.0120. The smallest absolute Gasteiger partial charge is 0.125 e. The maximum atomic E-state index is 10.8. The highest BCUT2D eigenvalue weighted by Gasteiger charge is 2.32. The summed E-state index contributed by atoms with van der Waals surface area (Å²) in [5.74, 6) is 0.791. The topological polar surface area (TPSA) is 38.7 Å². The molecule has 1 aromatic carbocycles. The molecule has 0 amide bonds. The Bertz CT molecular complexity index is 354. The van der Waals surface area contributed by atoms with Crippen LogP contribution >= 0.6 is 0 Å². The number of benzene rings is 1. The van der Waals surface area contributed by atoms with Gasteiger partial charge in [-0.3, -0.25) is 0 Å². The molecule has 0 saturated carbocycles. The molecule has 0 bridgehead atoms. The molecule has 2 rings (SSSR count). The monoisotopic (exact) mass is 236 g/mol. The summed E-state index contributed by atoms with van der Waals surface area (Å²) in [6.07, 6.45) is 2.26. The van der Waals surface area contributed by atoms with E-state index in [1.165, 1.54) is 0 Å². The Morgan fingerprint density at radius 2 is 2.12 bits per heavy atom. The van der Waals surface area contributed by atoms with Crippen molar-refractivity contribution in [2.24, 2.45) is 0 Å². The van der Waals surface area contributed by atoms with Gasteiger partial charge in [-0.05, 0) is 25.8 Å².